The molecule has 3 rings (SSSR count). The molecule has 1 aromatic heterocycles. The van der Waals surface area contributed by atoms with Crippen LogP contribution in [0.25, 0.3) is 5.69 Å². The van der Waals surface area contributed by atoms with Crippen LogP contribution in [0.15, 0.2) is 29.2 Å². The number of carbonyl (C=O) groups is 1. The minimum absolute atomic E-state index is 0.100. The fraction of sp³-hybridized carbons (Fsp3) is 0.312. The lowest BCUT2D eigenvalue weighted by atomic mass is 9.83. The Balaban J connectivity index is 1.98. The predicted octanol–water partition coefficient (Wildman–Crippen LogP) is 0.964. The molecule has 1 aliphatic rings. The Morgan fingerprint density at radius 3 is 2.56 bits per heavy atom. The molecule has 1 aliphatic heterocycles. The molecular weight excluding hydrogens is 380 g/mol. The quantitative estimate of drug-likeness (QED) is 0.613. The van der Waals surface area contributed by atoms with Crippen molar-refractivity contribution in [1.29, 1.82) is 0 Å². The van der Waals surface area contributed by atoms with E-state index in [1.807, 2.05) is 0 Å². The predicted molar refractivity (Wildman–Crippen MR) is 97.4 cm³/mol. The van der Waals surface area contributed by atoms with Gasteiger partial charge in [0.2, 0.25) is 0 Å². The third kappa shape index (κ3) is 3.87. The van der Waals surface area contributed by atoms with E-state index in [0.29, 0.717) is 25.4 Å². The van der Waals surface area contributed by atoms with Gasteiger partial charge in [-0.1, -0.05) is 11.6 Å². The molecule has 1 fully saturated rings. The lowest BCUT2D eigenvalue weighted by Gasteiger charge is -2.40. The van der Waals surface area contributed by atoms with E-state index >= 15 is 0 Å². The molecule has 0 aliphatic carbocycles. The Morgan fingerprint density at radius 1 is 1.30 bits per heavy atom. The van der Waals surface area contributed by atoms with Gasteiger partial charge in [0.05, 0.1) is 23.6 Å². The molecule has 0 saturated carbocycles. The van der Waals surface area contributed by atoms with Gasteiger partial charge in [-0.05, 0) is 19.0 Å². The van der Waals surface area contributed by atoms with Gasteiger partial charge in [-0.15, -0.1) is 0 Å². The van der Waals surface area contributed by atoms with E-state index < -0.39 is 30.3 Å². The van der Waals surface area contributed by atoms with Crippen LogP contribution in [0.1, 0.15) is 0 Å². The highest BCUT2D eigenvalue weighted by atomic mass is 35.5. The third-order valence-electron chi connectivity index (χ3n) is 4.44. The van der Waals surface area contributed by atoms with Crippen molar-refractivity contribution in [3.63, 3.8) is 0 Å². The number of hydrogen-bond acceptors (Lipinski definition) is 6. The van der Waals surface area contributed by atoms with Crippen molar-refractivity contribution in [3.8, 4) is 5.69 Å². The third-order valence-corrected chi connectivity index (χ3v) is 4.79. The number of halogens is 3. The van der Waals surface area contributed by atoms with Crippen molar-refractivity contribution in [2.45, 2.75) is 12.9 Å². The van der Waals surface area contributed by atoms with Crippen LogP contribution >= 0.6 is 11.6 Å². The first-order valence-corrected chi connectivity index (χ1v) is 8.58. The Labute approximate surface area is 158 Å². The number of benzene rings is 1. The summed E-state index contributed by atoms with van der Waals surface area (Å²) in [7, 11) is -0.709. The zero-order valence-corrected chi connectivity index (χ0v) is 15.1. The van der Waals surface area contributed by atoms with Gasteiger partial charge >= 0.3 is 7.05 Å². The fourth-order valence-corrected chi connectivity index (χ4v) is 3.29. The monoisotopic (exact) mass is 396 g/mol. The van der Waals surface area contributed by atoms with E-state index in [-0.39, 0.29) is 22.9 Å². The summed E-state index contributed by atoms with van der Waals surface area (Å²) in [5, 5.41) is 13.4. The second-order valence-corrected chi connectivity index (χ2v) is 6.59. The van der Waals surface area contributed by atoms with Crippen LogP contribution in [0.3, 0.4) is 0 Å². The second-order valence-electron chi connectivity index (χ2n) is 6.21. The summed E-state index contributed by atoms with van der Waals surface area (Å²) < 4.78 is 27.6. The first-order valence-electron chi connectivity index (χ1n) is 8.20. The summed E-state index contributed by atoms with van der Waals surface area (Å²) in [6, 6.07) is 1.97. The Morgan fingerprint density at radius 2 is 1.96 bits per heavy atom. The van der Waals surface area contributed by atoms with Crippen LogP contribution < -0.4 is 10.5 Å². The van der Waals surface area contributed by atoms with Gasteiger partial charge in [-0.3, -0.25) is 4.79 Å². The molecule has 27 heavy (non-hydrogen) atoms. The highest BCUT2D eigenvalue weighted by Gasteiger charge is 2.32. The summed E-state index contributed by atoms with van der Waals surface area (Å²) in [4.78, 5) is 27.4. The molecule has 1 atom stereocenters. The molecule has 7 nitrogen and oxygen atoms in total. The van der Waals surface area contributed by atoms with Crippen LogP contribution in [0.4, 0.5) is 14.5 Å². The number of rotatable bonds is 4. The van der Waals surface area contributed by atoms with Crippen LogP contribution in [0.2, 0.25) is 11.8 Å². The van der Waals surface area contributed by atoms with Crippen molar-refractivity contribution >= 4 is 30.6 Å². The SMILES string of the molecule is CB(O)N1CCN(c2cnn(-c3cc(F)cc(F)c3)c(=O)c2Cl)C(C=O)C1. The first-order chi connectivity index (χ1) is 12.8. The second kappa shape index (κ2) is 7.75. The van der Waals surface area contributed by atoms with Gasteiger partial charge < -0.3 is 19.5 Å². The van der Waals surface area contributed by atoms with Crippen molar-refractivity contribution < 1.29 is 18.6 Å². The van der Waals surface area contributed by atoms with E-state index in [9.17, 15) is 23.4 Å². The topological polar surface area (TPSA) is 78.7 Å². The summed E-state index contributed by atoms with van der Waals surface area (Å²) in [6.07, 6.45) is 1.99. The number of carbonyl (C=O) groups excluding carboxylic acids is 1. The minimum atomic E-state index is -0.853. The van der Waals surface area contributed by atoms with Crippen LogP contribution in [-0.4, -0.2) is 58.6 Å². The molecule has 1 aromatic carbocycles. The Hall–Kier alpha value is -2.30. The molecule has 1 unspecified atom stereocenters. The molecule has 0 radical (unpaired) electrons. The van der Waals surface area contributed by atoms with E-state index in [2.05, 4.69) is 5.10 Å². The number of aldehydes is 1. The maximum atomic E-state index is 13.4. The van der Waals surface area contributed by atoms with Crippen LogP contribution in [0.5, 0.6) is 0 Å². The Kier molecular flexibility index (Phi) is 5.59. The fourth-order valence-electron chi connectivity index (χ4n) is 3.06. The van der Waals surface area contributed by atoms with Crippen LogP contribution in [0, 0.1) is 11.6 Å². The van der Waals surface area contributed by atoms with Crippen molar-refractivity contribution in [3.05, 3.63) is 51.4 Å². The zero-order chi connectivity index (χ0) is 19.7. The molecule has 0 spiro atoms. The first kappa shape index (κ1) is 19.5. The number of hydrogen-bond donors (Lipinski definition) is 1. The van der Waals surface area contributed by atoms with Gasteiger partial charge in [-0.2, -0.15) is 9.78 Å². The highest BCUT2D eigenvalue weighted by molar-refractivity contribution is 6.45. The van der Waals surface area contributed by atoms with E-state index in [4.69, 9.17) is 11.6 Å². The molecular formula is C16H16BClF2N4O3. The van der Waals surface area contributed by atoms with Crippen LogP contribution in [-0.2, 0) is 4.79 Å². The number of aromatic nitrogens is 2. The average molecular weight is 397 g/mol. The van der Waals surface area contributed by atoms with E-state index in [0.717, 1.165) is 16.8 Å². The molecule has 11 heteroatoms. The zero-order valence-electron chi connectivity index (χ0n) is 14.3. The normalized spacial score (nSPS) is 17.8. The molecule has 2 aromatic rings. The van der Waals surface area contributed by atoms with Gasteiger partial charge in [0.15, 0.2) is 0 Å². The summed E-state index contributed by atoms with van der Waals surface area (Å²) >= 11 is 6.20. The minimum Gasteiger partial charge on any atom is -0.437 e. The standard InChI is InChI=1S/C16H16BClF2N4O3/c1-17(27)22-2-3-23(13(8-22)9-25)14-7-21-24(16(26)15(14)18)12-5-10(19)4-11(20)6-12/h4-7,9,13,27H,2-3,8H2,1H3. The number of piperazine rings is 1. The van der Waals surface area contributed by atoms with Gasteiger partial charge in [-0.25, -0.2) is 8.78 Å². The largest absolute Gasteiger partial charge is 0.437 e. The van der Waals surface area contributed by atoms with Crippen molar-refractivity contribution in [2.75, 3.05) is 24.5 Å². The number of anilines is 1. The van der Waals surface area contributed by atoms with Crippen molar-refractivity contribution in [1.82, 2.24) is 14.6 Å². The smallest absolute Gasteiger partial charge is 0.376 e. The van der Waals surface area contributed by atoms with Gasteiger partial charge in [0.25, 0.3) is 5.56 Å². The van der Waals surface area contributed by atoms with E-state index in [1.165, 1.54) is 6.20 Å². The van der Waals surface area contributed by atoms with E-state index in [1.54, 1.807) is 16.5 Å². The summed E-state index contributed by atoms with van der Waals surface area (Å²) in [5.74, 6) is -1.71. The molecule has 0 amide bonds. The summed E-state index contributed by atoms with van der Waals surface area (Å²) in [5.41, 5.74) is -0.615. The maximum absolute atomic E-state index is 13.4. The molecule has 1 N–H and O–H groups in total. The van der Waals surface area contributed by atoms with Gasteiger partial charge in [0.1, 0.15) is 22.9 Å². The summed E-state index contributed by atoms with van der Waals surface area (Å²) in [6.45, 7) is 2.66. The lowest BCUT2D eigenvalue weighted by Crippen LogP contribution is -2.57. The molecule has 1 saturated heterocycles. The van der Waals surface area contributed by atoms with Gasteiger partial charge in [0, 0.05) is 25.7 Å². The average Bonchev–Trinajstić information content (AvgIpc) is 2.62. The number of nitrogens with zero attached hydrogens (tertiary/aromatic N) is 4. The van der Waals surface area contributed by atoms with Crippen molar-refractivity contribution in [2.24, 2.45) is 0 Å². The molecule has 0 bridgehead atoms. The molecule has 142 valence electrons. The maximum Gasteiger partial charge on any atom is 0.376 e. The Bertz CT molecular complexity index is 907. The highest BCUT2D eigenvalue weighted by Crippen LogP contribution is 2.26. The molecule has 2 heterocycles. The lowest BCUT2D eigenvalue weighted by molar-refractivity contribution is -0.109.